The molecule has 0 bridgehead atoms. The van der Waals surface area contributed by atoms with Crippen LogP contribution in [0.2, 0.25) is 0 Å². The second-order valence-corrected chi connectivity index (χ2v) is 11.6. The molecular formula is C37H35N. The van der Waals surface area contributed by atoms with Gasteiger partial charge in [-0.25, -0.2) is 0 Å². The Labute approximate surface area is 227 Å². The Morgan fingerprint density at radius 2 is 1.29 bits per heavy atom. The normalized spacial score (nSPS) is 12.2. The van der Waals surface area contributed by atoms with E-state index in [-0.39, 0.29) is 5.41 Å². The van der Waals surface area contributed by atoms with Gasteiger partial charge in [-0.1, -0.05) is 99.6 Å². The Morgan fingerprint density at radius 3 is 2.05 bits per heavy atom. The third kappa shape index (κ3) is 4.33. The molecule has 38 heavy (non-hydrogen) atoms. The molecule has 0 unspecified atom stereocenters. The zero-order valence-corrected chi connectivity index (χ0v) is 23.0. The first-order valence-corrected chi connectivity index (χ1v) is 13.6. The zero-order chi connectivity index (χ0) is 26.4. The van der Waals surface area contributed by atoms with Gasteiger partial charge in [0.25, 0.3) is 0 Å². The Kier molecular flexibility index (Phi) is 5.95. The van der Waals surface area contributed by atoms with Gasteiger partial charge in [-0.15, -0.1) is 0 Å². The van der Waals surface area contributed by atoms with E-state index in [4.69, 9.17) is 0 Å². The lowest BCUT2D eigenvalue weighted by Gasteiger charge is -2.26. The number of benzene rings is 5. The highest BCUT2D eigenvalue weighted by Crippen LogP contribution is 2.46. The molecule has 0 heterocycles. The monoisotopic (exact) mass is 493 g/mol. The number of nitrogens with one attached hydrogen (secondary N) is 1. The summed E-state index contributed by atoms with van der Waals surface area (Å²) in [6, 6.07) is 37.7. The van der Waals surface area contributed by atoms with Crippen molar-refractivity contribution in [2.75, 3.05) is 5.32 Å². The van der Waals surface area contributed by atoms with E-state index in [1.807, 2.05) is 6.07 Å². The average molecular weight is 494 g/mol. The molecular weight excluding hydrogens is 458 g/mol. The Morgan fingerprint density at radius 1 is 0.605 bits per heavy atom. The van der Waals surface area contributed by atoms with E-state index < -0.39 is 0 Å². The number of para-hydroxylation sites is 1. The van der Waals surface area contributed by atoms with E-state index in [0.717, 1.165) is 17.8 Å². The molecule has 1 N–H and O–H groups in total. The highest BCUT2D eigenvalue weighted by Gasteiger charge is 2.26. The molecule has 5 aromatic carbocycles. The van der Waals surface area contributed by atoms with Crippen LogP contribution in [-0.2, 0) is 11.8 Å². The molecule has 0 radical (unpaired) electrons. The van der Waals surface area contributed by atoms with Crippen LogP contribution in [-0.4, -0.2) is 0 Å². The molecule has 0 fully saturated rings. The summed E-state index contributed by atoms with van der Waals surface area (Å²) < 4.78 is 0. The van der Waals surface area contributed by atoms with Crippen LogP contribution >= 0.6 is 0 Å². The lowest BCUT2D eigenvalue weighted by atomic mass is 9.78. The summed E-state index contributed by atoms with van der Waals surface area (Å²) in [6.07, 6.45) is 1.00. The predicted octanol–water partition coefficient (Wildman–Crippen LogP) is 10.2. The summed E-state index contributed by atoms with van der Waals surface area (Å²) in [6.45, 7) is 11.5. The molecule has 6 rings (SSSR count). The fourth-order valence-corrected chi connectivity index (χ4v) is 5.93. The Balaban J connectivity index is 1.43. The Hall–Kier alpha value is -4.10. The summed E-state index contributed by atoms with van der Waals surface area (Å²) in [5.74, 6) is 0. The van der Waals surface area contributed by atoms with Gasteiger partial charge in [-0.3, -0.25) is 0 Å². The van der Waals surface area contributed by atoms with Crippen molar-refractivity contribution in [1.82, 2.24) is 0 Å². The molecule has 188 valence electrons. The van der Waals surface area contributed by atoms with Crippen LogP contribution < -0.4 is 5.32 Å². The lowest BCUT2D eigenvalue weighted by molar-refractivity contribution is 0.592. The third-order valence-corrected chi connectivity index (χ3v) is 7.91. The van der Waals surface area contributed by atoms with Crippen LogP contribution in [0.1, 0.15) is 48.6 Å². The van der Waals surface area contributed by atoms with E-state index >= 15 is 0 Å². The van der Waals surface area contributed by atoms with Crippen molar-refractivity contribution in [2.45, 2.75) is 46.5 Å². The minimum absolute atomic E-state index is 0.00974. The molecule has 1 nitrogen and oxygen atoms in total. The van der Waals surface area contributed by atoms with Crippen LogP contribution in [0.3, 0.4) is 0 Å². The highest BCUT2D eigenvalue weighted by molar-refractivity contribution is 5.88. The van der Waals surface area contributed by atoms with Gasteiger partial charge in [0.2, 0.25) is 0 Å². The maximum absolute atomic E-state index is 3.55. The second kappa shape index (κ2) is 9.33. The van der Waals surface area contributed by atoms with Crippen LogP contribution in [0.25, 0.3) is 33.4 Å². The number of hydrogen-bond donors (Lipinski definition) is 1. The SMILES string of the molecule is Cc1cc(-c2ccc(-c3c(C)ccc4c3Cc3ccccc3-4)c(C(C)(C)C)c2)ccc1Nc1ccccc1. The summed E-state index contributed by atoms with van der Waals surface area (Å²) in [7, 11) is 0. The number of anilines is 2. The van der Waals surface area contributed by atoms with Crippen molar-refractivity contribution in [3.8, 4) is 33.4 Å². The van der Waals surface area contributed by atoms with E-state index in [0.29, 0.717) is 0 Å². The van der Waals surface area contributed by atoms with Crippen LogP contribution in [0, 0.1) is 13.8 Å². The number of rotatable bonds is 4. The Bertz CT molecular complexity index is 1650. The van der Waals surface area contributed by atoms with Crippen LogP contribution in [0.5, 0.6) is 0 Å². The van der Waals surface area contributed by atoms with Gasteiger partial charge in [0.05, 0.1) is 0 Å². The van der Waals surface area contributed by atoms with Gasteiger partial charge in [-0.05, 0) is 111 Å². The maximum atomic E-state index is 3.55. The molecule has 0 aromatic heterocycles. The predicted molar refractivity (Wildman–Crippen MR) is 163 cm³/mol. The van der Waals surface area contributed by atoms with Gasteiger partial charge in [0.15, 0.2) is 0 Å². The minimum atomic E-state index is 0.00974. The average Bonchev–Trinajstić information content (AvgIpc) is 3.28. The molecule has 5 aromatic rings. The smallest absolute Gasteiger partial charge is 0.0414 e. The van der Waals surface area contributed by atoms with Crippen LogP contribution in [0.15, 0.2) is 103 Å². The van der Waals surface area contributed by atoms with Crippen molar-refractivity contribution in [2.24, 2.45) is 0 Å². The third-order valence-electron chi connectivity index (χ3n) is 7.91. The summed E-state index contributed by atoms with van der Waals surface area (Å²) in [5.41, 5.74) is 17.2. The summed E-state index contributed by atoms with van der Waals surface area (Å²) >= 11 is 0. The first-order chi connectivity index (χ1) is 18.3. The molecule has 0 aliphatic heterocycles. The first kappa shape index (κ1) is 24.2. The standard InChI is InChI=1S/C37H35N/c1-24-15-18-31-30-14-10-9-11-28(30)22-33(31)36(24)32-19-16-27(23-34(32)37(3,4)5)26-17-20-35(25(2)21-26)38-29-12-7-6-8-13-29/h6-21,23,38H,22H2,1-5H3. The lowest BCUT2D eigenvalue weighted by Crippen LogP contribution is -2.13. The first-order valence-electron chi connectivity index (χ1n) is 13.6. The topological polar surface area (TPSA) is 12.0 Å². The van der Waals surface area contributed by atoms with Gasteiger partial charge in [0.1, 0.15) is 0 Å². The number of aryl methyl sites for hydroxylation is 2. The molecule has 0 saturated carbocycles. The second-order valence-electron chi connectivity index (χ2n) is 11.6. The summed E-state index contributed by atoms with van der Waals surface area (Å²) in [5, 5.41) is 3.55. The van der Waals surface area contributed by atoms with Gasteiger partial charge >= 0.3 is 0 Å². The fraction of sp³-hybridized carbons (Fsp3) is 0.189. The fourth-order valence-electron chi connectivity index (χ4n) is 5.93. The van der Waals surface area contributed by atoms with Crippen LogP contribution in [0.4, 0.5) is 11.4 Å². The molecule has 0 spiro atoms. The van der Waals surface area contributed by atoms with Crippen molar-refractivity contribution in [3.05, 3.63) is 131 Å². The largest absolute Gasteiger partial charge is 0.355 e. The van der Waals surface area contributed by atoms with E-state index in [9.17, 15) is 0 Å². The van der Waals surface area contributed by atoms with Gasteiger partial charge in [0, 0.05) is 11.4 Å². The molecule has 0 atom stereocenters. The highest BCUT2D eigenvalue weighted by atomic mass is 14.9. The van der Waals surface area contributed by atoms with Gasteiger partial charge in [-0.2, -0.15) is 0 Å². The van der Waals surface area contributed by atoms with Crippen molar-refractivity contribution in [3.63, 3.8) is 0 Å². The molecule has 1 aliphatic carbocycles. The maximum Gasteiger partial charge on any atom is 0.0414 e. The zero-order valence-electron chi connectivity index (χ0n) is 23.0. The van der Waals surface area contributed by atoms with Gasteiger partial charge < -0.3 is 5.32 Å². The van der Waals surface area contributed by atoms with E-state index in [1.54, 1.807) is 0 Å². The molecule has 0 amide bonds. The van der Waals surface area contributed by atoms with Crippen molar-refractivity contribution >= 4 is 11.4 Å². The van der Waals surface area contributed by atoms with E-state index in [1.165, 1.54) is 61.2 Å². The number of fused-ring (bicyclic) bond motifs is 3. The number of hydrogen-bond acceptors (Lipinski definition) is 1. The molecule has 1 aliphatic rings. The van der Waals surface area contributed by atoms with E-state index in [2.05, 4.69) is 137 Å². The minimum Gasteiger partial charge on any atom is -0.355 e. The van der Waals surface area contributed by atoms with Crippen molar-refractivity contribution < 1.29 is 0 Å². The molecule has 1 heteroatoms. The quantitative estimate of drug-likeness (QED) is 0.257. The molecule has 0 saturated heterocycles. The summed E-state index contributed by atoms with van der Waals surface area (Å²) in [4.78, 5) is 0. The van der Waals surface area contributed by atoms with Crippen molar-refractivity contribution in [1.29, 1.82) is 0 Å².